The molecule has 0 saturated heterocycles. The normalized spacial score (nSPS) is 13.9. The first kappa shape index (κ1) is 14.5. The zero-order chi connectivity index (χ0) is 13.5. The Morgan fingerprint density at radius 1 is 1.56 bits per heavy atom. The first-order chi connectivity index (χ1) is 8.58. The van der Waals surface area contributed by atoms with Crippen molar-refractivity contribution in [3.05, 3.63) is 29.8 Å². The molecule has 100 valence electrons. The van der Waals surface area contributed by atoms with Crippen molar-refractivity contribution in [1.29, 1.82) is 0 Å². The van der Waals surface area contributed by atoms with Gasteiger partial charge in [-0.15, -0.1) is 0 Å². The number of carbonyl (C=O) groups is 1. The molecule has 0 saturated carbocycles. The zero-order valence-electron chi connectivity index (χ0n) is 10.7. The SMILES string of the molecule is COCC(CO)NC(=O)C(C)c1cccc(N)c1. The maximum absolute atomic E-state index is 12.0. The molecule has 5 nitrogen and oxygen atoms in total. The lowest BCUT2D eigenvalue weighted by atomic mass is 9.99. The molecule has 0 aliphatic carbocycles. The van der Waals surface area contributed by atoms with Gasteiger partial charge in [0.2, 0.25) is 5.91 Å². The summed E-state index contributed by atoms with van der Waals surface area (Å²) in [5, 5.41) is 11.8. The average Bonchev–Trinajstić information content (AvgIpc) is 2.37. The number of rotatable bonds is 6. The highest BCUT2D eigenvalue weighted by Crippen LogP contribution is 2.17. The Bertz CT molecular complexity index is 396. The number of aliphatic hydroxyl groups excluding tert-OH is 1. The number of ether oxygens (including phenoxy) is 1. The van der Waals surface area contributed by atoms with Gasteiger partial charge in [0.25, 0.3) is 0 Å². The highest BCUT2D eigenvalue weighted by atomic mass is 16.5. The van der Waals surface area contributed by atoms with Crippen molar-refractivity contribution in [2.75, 3.05) is 26.1 Å². The van der Waals surface area contributed by atoms with Crippen LogP contribution in [-0.4, -0.2) is 37.4 Å². The van der Waals surface area contributed by atoms with Crippen LogP contribution in [0.5, 0.6) is 0 Å². The first-order valence-electron chi connectivity index (χ1n) is 5.84. The monoisotopic (exact) mass is 252 g/mol. The van der Waals surface area contributed by atoms with E-state index >= 15 is 0 Å². The fraction of sp³-hybridized carbons (Fsp3) is 0.462. The minimum Gasteiger partial charge on any atom is -0.399 e. The van der Waals surface area contributed by atoms with Crippen molar-refractivity contribution in [2.45, 2.75) is 18.9 Å². The second kappa shape index (κ2) is 6.98. The molecule has 1 rings (SSSR count). The largest absolute Gasteiger partial charge is 0.399 e. The van der Waals surface area contributed by atoms with Gasteiger partial charge in [-0.1, -0.05) is 12.1 Å². The van der Waals surface area contributed by atoms with Gasteiger partial charge in [-0.2, -0.15) is 0 Å². The van der Waals surface area contributed by atoms with E-state index in [2.05, 4.69) is 5.32 Å². The van der Waals surface area contributed by atoms with Crippen LogP contribution in [0, 0.1) is 0 Å². The number of nitrogens with one attached hydrogen (secondary N) is 1. The van der Waals surface area contributed by atoms with E-state index in [0.29, 0.717) is 5.69 Å². The lowest BCUT2D eigenvalue weighted by molar-refractivity contribution is -0.123. The number of benzene rings is 1. The molecule has 2 atom stereocenters. The predicted molar refractivity (Wildman–Crippen MR) is 70.2 cm³/mol. The molecule has 1 aromatic carbocycles. The van der Waals surface area contributed by atoms with E-state index in [-0.39, 0.29) is 31.1 Å². The number of aliphatic hydroxyl groups is 1. The number of amides is 1. The summed E-state index contributed by atoms with van der Waals surface area (Å²) in [7, 11) is 1.52. The van der Waals surface area contributed by atoms with E-state index in [1.54, 1.807) is 19.1 Å². The van der Waals surface area contributed by atoms with E-state index in [1.807, 2.05) is 12.1 Å². The van der Waals surface area contributed by atoms with Crippen LogP contribution in [0.3, 0.4) is 0 Å². The van der Waals surface area contributed by atoms with E-state index in [9.17, 15) is 4.79 Å². The molecule has 0 fully saturated rings. The summed E-state index contributed by atoms with van der Waals surface area (Å²) in [4.78, 5) is 12.0. The van der Waals surface area contributed by atoms with Crippen LogP contribution >= 0.6 is 0 Å². The fourth-order valence-electron chi connectivity index (χ4n) is 1.65. The molecule has 5 heteroatoms. The number of methoxy groups -OCH3 is 1. The standard InChI is InChI=1S/C13H20N2O3/c1-9(10-4-3-5-11(14)6-10)13(17)15-12(7-16)8-18-2/h3-6,9,12,16H,7-8,14H2,1-2H3,(H,15,17). The van der Waals surface area contributed by atoms with Crippen molar-refractivity contribution in [2.24, 2.45) is 0 Å². The summed E-state index contributed by atoms with van der Waals surface area (Å²) < 4.78 is 4.91. The quantitative estimate of drug-likeness (QED) is 0.643. The zero-order valence-corrected chi connectivity index (χ0v) is 10.7. The molecule has 4 N–H and O–H groups in total. The van der Waals surface area contributed by atoms with Gasteiger partial charge in [-0.3, -0.25) is 4.79 Å². The van der Waals surface area contributed by atoms with E-state index in [4.69, 9.17) is 15.6 Å². The molecule has 2 unspecified atom stereocenters. The Morgan fingerprint density at radius 2 is 2.28 bits per heavy atom. The summed E-state index contributed by atoms with van der Waals surface area (Å²) in [6, 6.07) is 6.83. The molecular formula is C13H20N2O3. The average molecular weight is 252 g/mol. The van der Waals surface area contributed by atoms with E-state index < -0.39 is 0 Å². The Kier molecular flexibility index (Phi) is 5.61. The van der Waals surface area contributed by atoms with Crippen LogP contribution in [0.1, 0.15) is 18.4 Å². The van der Waals surface area contributed by atoms with Crippen LogP contribution in [0.25, 0.3) is 0 Å². The number of hydrogen-bond donors (Lipinski definition) is 3. The predicted octanol–water partition coefficient (Wildman–Crippen LogP) is 0.496. The molecular weight excluding hydrogens is 232 g/mol. The molecule has 1 aromatic rings. The molecule has 0 aliphatic rings. The van der Waals surface area contributed by atoms with Crippen molar-refractivity contribution in [3.63, 3.8) is 0 Å². The topological polar surface area (TPSA) is 84.6 Å². The molecule has 1 amide bonds. The van der Waals surface area contributed by atoms with Crippen molar-refractivity contribution >= 4 is 11.6 Å². The Labute approximate surface area is 107 Å². The highest BCUT2D eigenvalue weighted by Gasteiger charge is 2.18. The Morgan fingerprint density at radius 3 is 2.83 bits per heavy atom. The minimum absolute atomic E-state index is 0.150. The van der Waals surface area contributed by atoms with Gasteiger partial charge in [0.05, 0.1) is 25.2 Å². The van der Waals surface area contributed by atoms with E-state index in [0.717, 1.165) is 5.56 Å². The second-order valence-electron chi connectivity index (χ2n) is 4.24. The summed E-state index contributed by atoms with van der Waals surface area (Å²) >= 11 is 0. The third-order valence-corrected chi connectivity index (χ3v) is 2.74. The van der Waals surface area contributed by atoms with Crippen LogP contribution in [0.15, 0.2) is 24.3 Å². The maximum Gasteiger partial charge on any atom is 0.227 e. The van der Waals surface area contributed by atoms with Crippen LogP contribution in [0.4, 0.5) is 5.69 Å². The number of nitrogens with two attached hydrogens (primary N) is 1. The second-order valence-corrected chi connectivity index (χ2v) is 4.24. The molecule has 0 heterocycles. The van der Waals surface area contributed by atoms with Crippen LogP contribution in [-0.2, 0) is 9.53 Å². The minimum atomic E-state index is -0.383. The third-order valence-electron chi connectivity index (χ3n) is 2.74. The Balaban J connectivity index is 2.66. The van der Waals surface area contributed by atoms with Gasteiger partial charge < -0.3 is 20.9 Å². The lowest BCUT2D eigenvalue weighted by Gasteiger charge is -2.19. The highest BCUT2D eigenvalue weighted by molar-refractivity contribution is 5.83. The van der Waals surface area contributed by atoms with E-state index in [1.165, 1.54) is 7.11 Å². The van der Waals surface area contributed by atoms with Crippen molar-refractivity contribution in [3.8, 4) is 0 Å². The van der Waals surface area contributed by atoms with Gasteiger partial charge in [-0.25, -0.2) is 0 Å². The maximum atomic E-state index is 12.0. The van der Waals surface area contributed by atoms with Gasteiger partial charge in [0.15, 0.2) is 0 Å². The molecule has 0 radical (unpaired) electrons. The smallest absolute Gasteiger partial charge is 0.227 e. The molecule has 0 aliphatic heterocycles. The van der Waals surface area contributed by atoms with Gasteiger partial charge in [0, 0.05) is 12.8 Å². The molecule has 0 aromatic heterocycles. The molecule has 0 bridgehead atoms. The lowest BCUT2D eigenvalue weighted by Crippen LogP contribution is -2.42. The van der Waals surface area contributed by atoms with Crippen LogP contribution < -0.4 is 11.1 Å². The van der Waals surface area contributed by atoms with Gasteiger partial charge in [-0.05, 0) is 24.6 Å². The summed E-state index contributed by atoms with van der Waals surface area (Å²) in [5.74, 6) is -0.476. The molecule has 18 heavy (non-hydrogen) atoms. The fourth-order valence-corrected chi connectivity index (χ4v) is 1.65. The Hall–Kier alpha value is -1.59. The van der Waals surface area contributed by atoms with Crippen molar-refractivity contribution in [1.82, 2.24) is 5.32 Å². The summed E-state index contributed by atoms with van der Waals surface area (Å²) in [5.41, 5.74) is 7.16. The number of carbonyl (C=O) groups excluding carboxylic acids is 1. The van der Waals surface area contributed by atoms with Gasteiger partial charge >= 0.3 is 0 Å². The third kappa shape index (κ3) is 4.01. The van der Waals surface area contributed by atoms with Gasteiger partial charge in [0.1, 0.15) is 0 Å². The number of nitrogen functional groups attached to an aromatic ring is 1. The summed E-state index contributed by atoms with van der Waals surface area (Å²) in [6.45, 7) is 1.93. The first-order valence-corrected chi connectivity index (χ1v) is 5.84. The van der Waals surface area contributed by atoms with Crippen molar-refractivity contribution < 1.29 is 14.6 Å². The number of anilines is 1. The summed E-state index contributed by atoms with van der Waals surface area (Å²) in [6.07, 6.45) is 0. The molecule has 0 spiro atoms. The van der Waals surface area contributed by atoms with Crippen LogP contribution in [0.2, 0.25) is 0 Å². The number of hydrogen-bond acceptors (Lipinski definition) is 4.